The third-order valence-corrected chi connectivity index (χ3v) is 4.15. The van der Waals surface area contributed by atoms with Crippen molar-refractivity contribution in [2.24, 2.45) is 11.3 Å². The summed E-state index contributed by atoms with van der Waals surface area (Å²) in [5.74, 6) is -0.318. The minimum absolute atomic E-state index is 0.0128. The van der Waals surface area contributed by atoms with Gasteiger partial charge in [0, 0.05) is 26.3 Å². The van der Waals surface area contributed by atoms with Crippen LogP contribution < -0.4 is 10.6 Å². The molecule has 0 aliphatic rings. The molecule has 0 aliphatic heterocycles. The van der Waals surface area contributed by atoms with Gasteiger partial charge in [0.15, 0.2) is 0 Å². The van der Waals surface area contributed by atoms with E-state index in [0.717, 1.165) is 18.9 Å². The minimum Gasteiger partial charge on any atom is -0.459 e. The van der Waals surface area contributed by atoms with E-state index >= 15 is 0 Å². The summed E-state index contributed by atoms with van der Waals surface area (Å²) >= 11 is 0. The van der Waals surface area contributed by atoms with Crippen LogP contribution >= 0.6 is 0 Å². The van der Waals surface area contributed by atoms with Gasteiger partial charge in [-0.2, -0.15) is 0 Å². The fourth-order valence-corrected chi connectivity index (χ4v) is 2.58. The Balaban J connectivity index is 3.95. The third kappa shape index (κ3) is 15.3. The SMILES string of the molecule is C=CC(=O)OCCOC(=O)NCCC(C)(C)CC(C)CNC(=O)OCC(C)OC. The highest BCUT2D eigenvalue weighted by Gasteiger charge is 2.22. The van der Waals surface area contributed by atoms with Crippen molar-refractivity contribution in [3.05, 3.63) is 12.7 Å². The lowest BCUT2D eigenvalue weighted by Crippen LogP contribution is -2.34. The first-order chi connectivity index (χ1) is 13.6. The van der Waals surface area contributed by atoms with E-state index in [1.807, 2.05) is 13.8 Å². The fraction of sp³-hybridized carbons (Fsp3) is 0.750. The summed E-state index contributed by atoms with van der Waals surface area (Å²) in [6.07, 6.45) is 1.49. The molecule has 0 aromatic carbocycles. The zero-order valence-corrected chi connectivity index (χ0v) is 18.2. The third-order valence-electron chi connectivity index (χ3n) is 4.15. The number of ether oxygens (including phenoxy) is 4. The number of hydrogen-bond acceptors (Lipinski definition) is 7. The first kappa shape index (κ1) is 26.7. The summed E-state index contributed by atoms with van der Waals surface area (Å²) in [5.41, 5.74) is -0.0393. The van der Waals surface area contributed by atoms with Gasteiger partial charge in [-0.3, -0.25) is 0 Å². The maximum atomic E-state index is 11.7. The Labute approximate surface area is 173 Å². The summed E-state index contributed by atoms with van der Waals surface area (Å²) in [6.45, 7) is 12.5. The Morgan fingerprint density at radius 2 is 1.66 bits per heavy atom. The van der Waals surface area contributed by atoms with E-state index in [2.05, 4.69) is 31.1 Å². The highest BCUT2D eigenvalue weighted by molar-refractivity contribution is 5.81. The standard InChI is InChI=1S/C20H36N2O7/c1-7-17(23)27-10-11-28-18(24)21-9-8-20(4,5)12-15(2)13-22-19(25)29-14-16(3)26-6/h7,15-16H,1,8-14H2,2-6H3,(H,21,24)(H,22,25). The predicted octanol–water partition coefficient (Wildman–Crippen LogP) is 2.65. The Morgan fingerprint density at radius 3 is 2.28 bits per heavy atom. The summed E-state index contributed by atoms with van der Waals surface area (Å²) < 4.78 is 19.7. The van der Waals surface area contributed by atoms with Crippen LogP contribution in [0.4, 0.5) is 9.59 Å². The molecule has 0 aromatic rings. The van der Waals surface area contributed by atoms with Crippen molar-refractivity contribution in [3.63, 3.8) is 0 Å². The summed E-state index contributed by atoms with van der Waals surface area (Å²) in [7, 11) is 1.56. The molecule has 0 heterocycles. The number of methoxy groups -OCH3 is 1. The maximum Gasteiger partial charge on any atom is 0.407 e. The van der Waals surface area contributed by atoms with Crippen molar-refractivity contribution in [1.82, 2.24) is 10.6 Å². The van der Waals surface area contributed by atoms with Crippen LogP contribution in [0, 0.1) is 11.3 Å². The van der Waals surface area contributed by atoms with Gasteiger partial charge in [0.25, 0.3) is 0 Å². The fourth-order valence-electron chi connectivity index (χ4n) is 2.58. The molecule has 0 aliphatic carbocycles. The molecule has 168 valence electrons. The Kier molecular flexibility index (Phi) is 13.5. The average Bonchev–Trinajstić information content (AvgIpc) is 2.66. The summed E-state index contributed by atoms with van der Waals surface area (Å²) in [5, 5.41) is 5.42. The van der Waals surface area contributed by atoms with E-state index in [0.29, 0.717) is 13.1 Å². The molecule has 2 unspecified atom stereocenters. The zero-order chi connectivity index (χ0) is 22.3. The first-order valence-electron chi connectivity index (χ1n) is 9.73. The number of carbonyl (C=O) groups is 3. The van der Waals surface area contributed by atoms with E-state index in [4.69, 9.17) is 18.9 Å². The monoisotopic (exact) mass is 416 g/mol. The molecular formula is C20H36N2O7. The molecule has 0 saturated carbocycles. The van der Waals surface area contributed by atoms with Crippen molar-refractivity contribution in [2.45, 2.75) is 46.6 Å². The highest BCUT2D eigenvalue weighted by Crippen LogP contribution is 2.28. The van der Waals surface area contributed by atoms with Gasteiger partial charge in [0.05, 0.1) is 6.10 Å². The number of carbonyl (C=O) groups excluding carboxylic acids is 3. The normalized spacial score (nSPS) is 13.0. The van der Waals surface area contributed by atoms with Crippen LogP contribution in [0.15, 0.2) is 12.7 Å². The molecule has 0 saturated heterocycles. The van der Waals surface area contributed by atoms with Gasteiger partial charge in [0.2, 0.25) is 0 Å². The molecule has 0 spiro atoms. The molecule has 2 amide bonds. The zero-order valence-electron chi connectivity index (χ0n) is 18.2. The van der Waals surface area contributed by atoms with E-state index in [1.54, 1.807) is 7.11 Å². The average molecular weight is 417 g/mol. The second-order valence-corrected chi connectivity index (χ2v) is 7.68. The van der Waals surface area contributed by atoms with Gasteiger partial charge < -0.3 is 29.6 Å². The van der Waals surface area contributed by atoms with Crippen LogP contribution in [0.2, 0.25) is 0 Å². The van der Waals surface area contributed by atoms with Crippen molar-refractivity contribution in [1.29, 1.82) is 0 Å². The Morgan fingerprint density at radius 1 is 1.03 bits per heavy atom. The molecule has 0 bridgehead atoms. The molecule has 2 atom stereocenters. The van der Waals surface area contributed by atoms with Crippen LogP contribution in [-0.2, 0) is 23.7 Å². The van der Waals surface area contributed by atoms with E-state index < -0.39 is 18.2 Å². The largest absolute Gasteiger partial charge is 0.459 e. The number of rotatable bonds is 14. The predicted molar refractivity (Wildman–Crippen MR) is 109 cm³/mol. The van der Waals surface area contributed by atoms with Crippen molar-refractivity contribution in [3.8, 4) is 0 Å². The lowest BCUT2D eigenvalue weighted by Gasteiger charge is -2.28. The van der Waals surface area contributed by atoms with Crippen LogP contribution in [0.1, 0.15) is 40.5 Å². The molecule has 9 heteroatoms. The molecule has 2 N–H and O–H groups in total. The van der Waals surface area contributed by atoms with E-state index in [-0.39, 0.29) is 37.3 Å². The van der Waals surface area contributed by atoms with Gasteiger partial charge in [-0.05, 0) is 31.1 Å². The number of hydrogen-bond donors (Lipinski definition) is 2. The molecule has 0 fully saturated rings. The number of amides is 2. The van der Waals surface area contributed by atoms with Crippen LogP contribution in [-0.4, -0.2) is 64.3 Å². The smallest absolute Gasteiger partial charge is 0.407 e. The van der Waals surface area contributed by atoms with Gasteiger partial charge in [-0.25, -0.2) is 14.4 Å². The molecular weight excluding hydrogens is 380 g/mol. The van der Waals surface area contributed by atoms with Gasteiger partial charge in [-0.1, -0.05) is 27.4 Å². The summed E-state index contributed by atoms with van der Waals surface area (Å²) in [4.78, 5) is 34.1. The minimum atomic E-state index is -0.558. The molecule has 9 nitrogen and oxygen atoms in total. The second kappa shape index (κ2) is 14.7. The second-order valence-electron chi connectivity index (χ2n) is 7.68. The van der Waals surface area contributed by atoms with Crippen LogP contribution in [0.5, 0.6) is 0 Å². The topological polar surface area (TPSA) is 112 Å². The van der Waals surface area contributed by atoms with Crippen molar-refractivity contribution < 1.29 is 33.3 Å². The summed E-state index contributed by atoms with van der Waals surface area (Å²) in [6, 6.07) is 0. The van der Waals surface area contributed by atoms with Crippen molar-refractivity contribution >= 4 is 18.2 Å². The molecule has 0 rings (SSSR count). The van der Waals surface area contributed by atoms with E-state index in [1.165, 1.54) is 0 Å². The lowest BCUT2D eigenvalue weighted by atomic mass is 9.80. The molecule has 0 radical (unpaired) electrons. The lowest BCUT2D eigenvalue weighted by molar-refractivity contribution is -0.138. The Hall–Kier alpha value is -2.29. The van der Waals surface area contributed by atoms with Crippen molar-refractivity contribution in [2.75, 3.05) is 40.0 Å². The van der Waals surface area contributed by atoms with Gasteiger partial charge in [0.1, 0.15) is 19.8 Å². The first-order valence-corrected chi connectivity index (χ1v) is 9.73. The Bertz CT molecular complexity index is 523. The van der Waals surface area contributed by atoms with Gasteiger partial charge in [-0.15, -0.1) is 0 Å². The maximum absolute atomic E-state index is 11.7. The molecule has 29 heavy (non-hydrogen) atoms. The molecule has 0 aromatic heterocycles. The number of alkyl carbamates (subject to hydrolysis) is 2. The van der Waals surface area contributed by atoms with Gasteiger partial charge >= 0.3 is 18.2 Å². The van der Waals surface area contributed by atoms with Crippen LogP contribution in [0.3, 0.4) is 0 Å². The number of nitrogens with one attached hydrogen (secondary N) is 2. The van der Waals surface area contributed by atoms with E-state index in [9.17, 15) is 14.4 Å². The number of esters is 1. The van der Waals surface area contributed by atoms with Crippen LogP contribution in [0.25, 0.3) is 0 Å². The quantitative estimate of drug-likeness (QED) is 0.194. The highest BCUT2D eigenvalue weighted by atomic mass is 16.6.